The van der Waals surface area contributed by atoms with Crippen molar-refractivity contribution in [1.29, 1.82) is 0 Å². The van der Waals surface area contributed by atoms with Crippen LogP contribution in [0.3, 0.4) is 0 Å². The molecule has 4 unspecified atom stereocenters. The second kappa shape index (κ2) is 12.7. The molecule has 3 aliphatic carbocycles. The van der Waals surface area contributed by atoms with Crippen molar-refractivity contribution in [3.63, 3.8) is 0 Å². The fourth-order valence-electron chi connectivity index (χ4n) is 6.97. The highest BCUT2D eigenvalue weighted by atomic mass is 19.2. The SMILES string of the molecule is CCCC1CCC(C(F)=C(F)C2CCC3CC(COc4ccc(OCC)c(F)c4F)CCC3C2)CC1. The van der Waals surface area contributed by atoms with Crippen LogP contribution in [0.25, 0.3) is 0 Å². The number of halogens is 4. The fraction of sp³-hybridized carbons (Fsp3) is 0.733. The van der Waals surface area contributed by atoms with E-state index < -0.39 is 23.3 Å². The topological polar surface area (TPSA) is 18.5 Å². The van der Waals surface area contributed by atoms with Crippen molar-refractivity contribution in [2.24, 2.45) is 35.5 Å². The zero-order chi connectivity index (χ0) is 25.7. The molecule has 6 heteroatoms. The lowest BCUT2D eigenvalue weighted by Crippen LogP contribution is -2.33. The van der Waals surface area contributed by atoms with Gasteiger partial charge < -0.3 is 9.47 Å². The molecule has 3 aliphatic rings. The van der Waals surface area contributed by atoms with Crippen LogP contribution in [0.2, 0.25) is 0 Å². The van der Waals surface area contributed by atoms with Gasteiger partial charge in [-0.2, -0.15) is 8.78 Å². The molecule has 4 atom stereocenters. The van der Waals surface area contributed by atoms with E-state index in [-0.39, 0.29) is 35.9 Å². The second-order valence-corrected chi connectivity index (χ2v) is 11.3. The van der Waals surface area contributed by atoms with Gasteiger partial charge in [0, 0.05) is 11.8 Å². The lowest BCUT2D eigenvalue weighted by atomic mass is 9.64. The Morgan fingerprint density at radius 2 is 1.28 bits per heavy atom. The van der Waals surface area contributed by atoms with Gasteiger partial charge >= 0.3 is 0 Å². The van der Waals surface area contributed by atoms with Gasteiger partial charge in [0.15, 0.2) is 11.5 Å². The van der Waals surface area contributed by atoms with Crippen LogP contribution in [-0.2, 0) is 0 Å². The summed E-state index contributed by atoms with van der Waals surface area (Å²) in [6, 6.07) is 2.81. The summed E-state index contributed by atoms with van der Waals surface area (Å²) in [6.45, 7) is 4.49. The summed E-state index contributed by atoms with van der Waals surface area (Å²) in [5, 5.41) is 0. The molecule has 0 aliphatic heterocycles. The molecular formula is C30H42F4O2. The van der Waals surface area contributed by atoms with Crippen LogP contribution in [0.5, 0.6) is 11.5 Å². The molecule has 3 fully saturated rings. The number of hydrogen-bond acceptors (Lipinski definition) is 2. The molecule has 0 N–H and O–H groups in total. The predicted molar refractivity (Wildman–Crippen MR) is 134 cm³/mol. The first-order valence-corrected chi connectivity index (χ1v) is 14.2. The molecule has 1 aromatic carbocycles. The molecule has 4 rings (SSSR count). The second-order valence-electron chi connectivity index (χ2n) is 11.3. The minimum Gasteiger partial charge on any atom is -0.491 e. The Bertz CT molecular complexity index is 893. The van der Waals surface area contributed by atoms with E-state index in [9.17, 15) is 8.78 Å². The number of ether oxygens (including phenoxy) is 2. The van der Waals surface area contributed by atoms with E-state index in [4.69, 9.17) is 9.47 Å². The minimum absolute atomic E-state index is 0.0896. The van der Waals surface area contributed by atoms with Gasteiger partial charge in [-0.05, 0) is 107 Å². The lowest BCUT2D eigenvalue weighted by Gasteiger charge is -2.42. The van der Waals surface area contributed by atoms with Crippen LogP contribution in [0, 0.1) is 47.1 Å². The summed E-state index contributed by atoms with van der Waals surface area (Å²) in [5.74, 6) is -1.87. The maximum absolute atomic E-state index is 15.2. The molecule has 0 aromatic heterocycles. The van der Waals surface area contributed by atoms with Crippen LogP contribution in [0.1, 0.15) is 90.9 Å². The van der Waals surface area contributed by atoms with Crippen molar-refractivity contribution in [1.82, 2.24) is 0 Å². The van der Waals surface area contributed by atoms with Crippen molar-refractivity contribution >= 4 is 0 Å². The van der Waals surface area contributed by atoms with Crippen LogP contribution in [-0.4, -0.2) is 13.2 Å². The molecule has 0 heterocycles. The largest absolute Gasteiger partial charge is 0.491 e. The normalized spacial score (nSPS) is 31.4. The van der Waals surface area contributed by atoms with Gasteiger partial charge in [-0.15, -0.1) is 0 Å². The van der Waals surface area contributed by atoms with Gasteiger partial charge in [-0.3, -0.25) is 0 Å². The molecule has 0 saturated heterocycles. The average molecular weight is 511 g/mol. The maximum Gasteiger partial charge on any atom is 0.204 e. The fourth-order valence-corrected chi connectivity index (χ4v) is 6.97. The predicted octanol–water partition coefficient (Wildman–Crippen LogP) is 9.33. The van der Waals surface area contributed by atoms with E-state index >= 15 is 8.78 Å². The molecule has 0 radical (unpaired) electrons. The van der Waals surface area contributed by atoms with E-state index in [0.29, 0.717) is 30.8 Å². The van der Waals surface area contributed by atoms with E-state index in [0.717, 1.165) is 64.2 Å². The highest BCUT2D eigenvalue weighted by Gasteiger charge is 2.39. The van der Waals surface area contributed by atoms with E-state index in [1.807, 2.05) is 0 Å². The Morgan fingerprint density at radius 3 is 1.94 bits per heavy atom. The van der Waals surface area contributed by atoms with Crippen molar-refractivity contribution in [3.8, 4) is 11.5 Å². The number of fused-ring (bicyclic) bond motifs is 1. The van der Waals surface area contributed by atoms with Crippen molar-refractivity contribution in [2.75, 3.05) is 13.2 Å². The summed E-state index contributed by atoms with van der Waals surface area (Å²) in [4.78, 5) is 0. The Balaban J connectivity index is 1.27. The zero-order valence-corrected chi connectivity index (χ0v) is 21.8. The summed E-state index contributed by atoms with van der Waals surface area (Å²) < 4.78 is 69.5. The van der Waals surface area contributed by atoms with Gasteiger partial charge in [0.2, 0.25) is 11.6 Å². The monoisotopic (exact) mass is 510 g/mol. The summed E-state index contributed by atoms with van der Waals surface area (Å²) in [6.07, 6.45) is 11.1. The summed E-state index contributed by atoms with van der Waals surface area (Å²) >= 11 is 0. The first-order valence-electron chi connectivity index (χ1n) is 14.2. The molecule has 2 nitrogen and oxygen atoms in total. The van der Waals surface area contributed by atoms with Crippen molar-refractivity contribution in [2.45, 2.75) is 90.9 Å². The van der Waals surface area contributed by atoms with Gasteiger partial charge in [-0.25, -0.2) is 8.78 Å². The highest BCUT2D eigenvalue weighted by Crippen LogP contribution is 2.48. The highest BCUT2D eigenvalue weighted by molar-refractivity contribution is 5.35. The molecule has 0 spiro atoms. The van der Waals surface area contributed by atoms with Gasteiger partial charge in [0.05, 0.1) is 13.2 Å². The smallest absolute Gasteiger partial charge is 0.204 e. The van der Waals surface area contributed by atoms with Crippen LogP contribution in [0.4, 0.5) is 17.6 Å². The third-order valence-corrected chi connectivity index (χ3v) is 9.00. The summed E-state index contributed by atoms with van der Waals surface area (Å²) in [5.41, 5.74) is 0. The van der Waals surface area contributed by atoms with Gasteiger partial charge in [0.1, 0.15) is 11.7 Å². The molecular weight excluding hydrogens is 468 g/mol. The Hall–Kier alpha value is -1.72. The number of allylic oxidation sites excluding steroid dienone is 2. The standard InChI is InChI=1S/C30H42F4O2/c1-3-5-19-6-9-21(10-7-19)27(31)28(32)24-13-12-22-16-20(8-11-23(22)17-24)18-36-26-15-14-25(35-4-2)29(33)30(26)34/h14-15,19-24H,3-13,16-18H2,1-2H3. The molecule has 1 aromatic rings. The quantitative estimate of drug-likeness (QED) is 0.308. The van der Waals surface area contributed by atoms with Crippen molar-refractivity contribution < 1.29 is 27.0 Å². The lowest BCUT2D eigenvalue weighted by molar-refractivity contribution is 0.0772. The van der Waals surface area contributed by atoms with E-state index in [2.05, 4.69) is 6.92 Å². The van der Waals surface area contributed by atoms with Gasteiger partial charge in [0.25, 0.3) is 0 Å². The Kier molecular flexibility index (Phi) is 9.63. The molecule has 36 heavy (non-hydrogen) atoms. The van der Waals surface area contributed by atoms with E-state index in [1.165, 1.54) is 18.6 Å². The third kappa shape index (κ3) is 6.39. The van der Waals surface area contributed by atoms with Crippen LogP contribution in [0.15, 0.2) is 23.8 Å². The number of hydrogen-bond donors (Lipinski definition) is 0. The first kappa shape index (κ1) is 27.3. The molecule has 0 bridgehead atoms. The maximum atomic E-state index is 15.2. The average Bonchev–Trinajstić information content (AvgIpc) is 2.90. The number of benzene rings is 1. The Labute approximate surface area is 213 Å². The minimum atomic E-state index is -1.02. The zero-order valence-electron chi connectivity index (χ0n) is 21.8. The Morgan fingerprint density at radius 1 is 0.722 bits per heavy atom. The first-order chi connectivity index (χ1) is 17.4. The summed E-state index contributed by atoms with van der Waals surface area (Å²) in [7, 11) is 0. The molecule has 3 saturated carbocycles. The van der Waals surface area contributed by atoms with Crippen LogP contribution >= 0.6 is 0 Å². The molecule has 202 valence electrons. The third-order valence-electron chi connectivity index (χ3n) is 9.00. The van der Waals surface area contributed by atoms with E-state index in [1.54, 1.807) is 6.92 Å². The number of rotatable bonds is 9. The molecule has 0 amide bonds. The van der Waals surface area contributed by atoms with Gasteiger partial charge in [-0.1, -0.05) is 19.8 Å². The van der Waals surface area contributed by atoms with Crippen molar-refractivity contribution in [3.05, 3.63) is 35.4 Å². The van der Waals surface area contributed by atoms with Crippen LogP contribution < -0.4 is 9.47 Å².